The molecular formula is C15H29NO4. The Bertz CT molecular complexity index is 309. The molecule has 0 bridgehead atoms. The molecule has 0 aromatic rings. The predicted molar refractivity (Wildman–Crippen MR) is 78.4 cm³/mol. The summed E-state index contributed by atoms with van der Waals surface area (Å²) >= 11 is 0. The van der Waals surface area contributed by atoms with Crippen LogP contribution in [0.5, 0.6) is 0 Å². The molecular weight excluding hydrogens is 258 g/mol. The topological polar surface area (TPSA) is 77.8 Å². The van der Waals surface area contributed by atoms with E-state index >= 15 is 0 Å². The van der Waals surface area contributed by atoms with Gasteiger partial charge < -0.3 is 15.1 Å². The number of carboxylic acid groups (broad SMARTS) is 1. The number of nitrogens with zero attached hydrogens (tertiary/aromatic N) is 1. The van der Waals surface area contributed by atoms with Crippen LogP contribution in [0.15, 0.2) is 0 Å². The van der Waals surface area contributed by atoms with E-state index in [-0.39, 0.29) is 24.8 Å². The summed E-state index contributed by atoms with van der Waals surface area (Å²) in [5.74, 6) is -1.09. The zero-order valence-electron chi connectivity index (χ0n) is 13.2. The Morgan fingerprint density at radius 2 is 1.65 bits per heavy atom. The maximum Gasteiger partial charge on any atom is 0.323 e. The first-order valence-corrected chi connectivity index (χ1v) is 7.46. The molecule has 0 unspecified atom stereocenters. The number of carbonyl (C=O) groups excluding carboxylic acids is 1. The first-order chi connectivity index (χ1) is 9.24. The van der Waals surface area contributed by atoms with Crippen LogP contribution in [0.2, 0.25) is 0 Å². The second-order valence-corrected chi connectivity index (χ2v) is 5.96. The van der Waals surface area contributed by atoms with Gasteiger partial charge in [0.25, 0.3) is 0 Å². The van der Waals surface area contributed by atoms with Gasteiger partial charge >= 0.3 is 5.97 Å². The van der Waals surface area contributed by atoms with E-state index in [1.807, 2.05) is 27.7 Å². The fourth-order valence-electron chi connectivity index (χ4n) is 2.48. The SMILES string of the molecule is CCCC(O)(CCC)CC(=O)N(CC(=O)O)CC(C)C. The van der Waals surface area contributed by atoms with Crippen LogP contribution in [-0.4, -0.2) is 45.7 Å². The molecule has 2 N–H and O–H groups in total. The second kappa shape index (κ2) is 8.95. The molecule has 0 saturated heterocycles. The summed E-state index contributed by atoms with van der Waals surface area (Å²) in [6.07, 6.45) is 2.73. The molecule has 1 amide bonds. The number of amides is 1. The fourth-order valence-corrected chi connectivity index (χ4v) is 2.48. The highest BCUT2D eigenvalue weighted by molar-refractivity contribution is 5.82. The number of aliphatic hydroxyl groups is 1. The highest BCUT2D eigenvalue weighted by Gasteiger charge is 2.31. The van der Waals surface area contributed by atoms with Crippen LogP contribution < -0.4 is 0 Å². The Morgan fingerprint density at radius 1 is 1.15 bits per heavy atom. The third-order valence-electron chi connectivity index (χ3n) is 3.18. The van der Waals surface area contributed by atoms with Crippen molar-refractivity contribution in [2.24, 2.45) is 5.92 Å². The van der Waals surface area contributed by atoms with E-state index in [2.05, 4.69) is 0 Å². The Labute approximate surface area is 122 Å². The van der Waals surface area contributed by atoms with Crippen molar-refractivity contribution in [2.45, 2.75) is 65.4 Å². The predicted octanol–water partition coefficient (Wildman–Crippen LogP) is 2.28. The summed E-state index contributed by atoms with van der Waals surface area (Å²) in [5.41, 5.74) is -1.01. The first-order valence-electron chi connectivity index (χ1n) is 7.46. The molecule has 0 aromatic heterocycles. The third-order valence-corrected chi connectivity index (χ3v) is 3.18. The largest absolute Gasteiger partial charge is 0.480 e. The Morgan fingerprint density at radius 3 is 2.00 bits per heavy atom. The molecule has 0 saturated carbocycles. The van der Waals surface area contributed by atoms with Crippen molar-refractivity contribution < 1.29 is 19.8 Å². The minimum atomic E-state index is -1.02. The van der Waals surface area contributed by atoms with Crippen LogP contribution in [0, 0.1) is 5.92 Å². The molecule has 0 fully saturated rings. The molecule has 0 aliphatic carbocycles. The lowest BCUT2D eigenvalue weighted by molar-refractivity contribution is -0.147. The lowest BCUT2D eigenvalue weighted by Crippen LogP contribution is -2.43. The van der Waals surface area contributed by atoms with E-state index in [1.165, 1.54) is 4.90 Å². The quantitative estimate of drug-likeness (QED) is 0.646. The van der Waals surface area contributed by atoms with Gasteiger partial charge in [0.2, 0.25) is 5.91 Å². The summed E-state index contributed by atoms with van der Waals surface area (Å²) < 4.78 is 0. The zero-order chi connectivity index (χ0) is 15.8. The van der Waals surface area contributed by atoms with Crippen molar-refractivity contribution >= 4 is 11.9 Å². The van der Waals surface area contributed by atoms with Crippen molar-refractivity contribution in [1.82, 2.24) is 4.90 Å². The first kappa shape index (κ1) is 18.9. The molecule has 0 heterocycles. The molecule has 0 rings (SSSR count). The van der Waals surface area contributed by atoms with E-state index in [4.69, 9.17) is 5.11 Å². The van der Waals surface area contributed by atoms with Gasteiger partial charge in [-0.2, -0.15) is 0 Å². The van der Waals surface area contributed by atoms with Crippen molar-refractivity contribution in [1.29, 1.82) is 0 Å². The van der Waals surface area contributed by atoms with Crippen molar-refractivity contribution in [2.75, 3.05) is 13.1 Å². The lowest BCUT2D eigenvalue weighted by atomic mass is 9.88. The fraction of sp³-hybridized carbons (Fsp3) is 0.867. The van der Waals surface area contributed by atoms with E-state index in [0.29, 0.717) is 19.4 Å². The lowest BCUT2D eigenvalue weighted by Gasteiger charge is -2.30. The van der Waals surface area contributed by atoms with Gasteiger partial charge in [-0.1, -0.05) is 40.5 Å². The van der Waals surface area contributed by atoms with Crippen LogP contribution in [0.25, 0.3) is 0 Å². The number of hydrogen-bond acceptors (Lipinski definition) is 3. The summed E-state index contributed by atoms with van der Waals surface area (Å²) in [7, 11) is 0. The van der Waals surface area contributed by atoms with Crippen LogP contribution in [0.1, 0.15) is 59.8 Å². The van der Waals surface area contributed by atoms with Gasteiger partial charge in [0.15, 0.2) is 0 Å². The van der Waals surface area contributed by atoms with E-state index in [0.717, 1.165) is 12.8 Å². The number of rotatable bonds is 10. The van der Waals surface area contributed by atoms with Gasteiger partial charge in [-0.05, 0) is 18.8 Å². The molecule has 118 valence electrons. The molecule has 0 aliphatic rings. The minimum Gasteiger partial charge on any atom is -0.480 e. The average molecular weight is 287 g/mol. The zero-order valence-corrected chi connectivity index (χ0v) is 13.2. The van der Waals surface area contributed by atoms with E-state index in [1.54, 1.807) is 0 Å². The monoisotopic (exact) mass is 287 g/mol. The smallest absolute Gasteiger partial charge is 0.323 e. The molecule has 5 heteroatoms. The normalized spacial score (nSPS) is 11.7. The second-order valence-electron chi connectivity index (χ2n) is 5.96. The summed E-state index contributed by atoms with van der Waals surface area (Å²) in [4.78, 5) is 24.5. The number of hydrogen-bond donors (Lipinski definition) is 2. The standard InChI is InChI=1S/C15H29NO4/c1-5-7-15(20,8-6-2)9-13(17)16(10-12(3)4)11-14(18)19/h12,20H,5-11H2,1-4H3,(H,18,19). The third kappa shape index (κ3) is 7.48. The molecule has 0 aliphatic heterocycles. The average Bonchev–Trinajstić information content (AvgIpc) is 2.26. The van der Waals surface area contributed by atoms with Gasteiger partial charge in [-0.15, -0.1) is 0 Å². The van der Waals surface area contributed by atoms with Crippen LogP contribution in [-0.2, 0) is 9.59 Å². The molecule has 5 nitrogen and oxygen atoms in total. The molecule has 0 spiro atoms. The number of aliphatic carboxylic acids is 1. The van der Waals surface area contributed by atoms with Gasteiger partial charge in [0.1, 0.15) is 6.54 Å². The van der Waals surface area contributed by atoms with Gasteiger partial charge in [0, 0.05) is 6.54 Å². The van der Waals surface area contributed by atoms with E-state index in [9.17, 15) is 14.7 Å². The van der Waals surface area contributed by atoms with Crippen molar-refractivity contribution in [3.05, 3.63) is 0 Å². The van der Waals surface area contributed by atoms with Crippen LogP contribution in [0.4, 0.5) is 0 Å². The highest BCUT2D eigenvalue weighted by Crippen LogP contribution is 2.24. The Kier molecular flexibility index (Phi) is 8.46. The molecule has 0 atom stereocenters. The van der Waals surface area contributed by atoms with Crippen molar-refractivity contribution in [3.8, 4) is 0 Å². The number of carbonyl (C=O) groups is 2. The molecule has 0 radical (unpaired) electrons. The van der Waals surface area contributed by atoms with Gasteiger partial charge in [-0.3, -0.25) is 9.59 Å². The van der Waals surface area contributed by atoms with Crippen LogP contribution >= 0.6 is 0 Å². The Hall–Kier alpha value is -1.10. The maximum absolute atomic E-state index is 12.3. The minimum absolute atomic E-state index is 0.00861. The summed E-state index contributed by atoms with van der Waals surface area (Å²) in [6.45, 7) is 7.91. The van der Waals surface area contributed by atoms with Gasteiger partial charge in [-0.25, -0.2) is 0 Å². The van der Waals surface area contributed by atoms with Crippen LogP contribution in [0.3, 0.4) is 0 Å². The summed E-state index contributed by atoms with van der Waals surface area (Å²) in [6, 6.07) is 0. The van der Waals surface area contributed by atoms with Gasteiger partial charge in [0.05, 0.1) is 12.0 Å². The van der Waals surface area contributed by atoms with E-state index < -0.39 is 11.6 Å². The Balaban J connectivity index is 4.81. The molecule has 0 aromatic carbocycles. The number of carboxylic acids is 1. The highest BCUT2D eigenvalue weighted by atomic mass is 16.4. The van der Waals surface area contributed by atoms with Crippen molar-refractivity contribution in [3.63, 3.8) is 0 Å². The maximum atomic E-state index is 12.3. The molecule has 20 heavy (non-hydrogen) atoms. The summed E-state index contributed by atoms with van der Waals surface area (Å²) in [5, 5.41) is 19.4.